The predicted molar refractivity (Wildman–Crippen MR) is 75.1 cm³/mol. The zero-order valence-corrected chi connectivity index (χ0v) is 13.2. The third kappa shape index (κ3) is 4.26. The number of carboxylic acid groups (broad SMARTS) is 1. The highest BCUT2D eigenvalue weighted by Gasteiger charge is 2.17. The molecular formula is C12H14Br2O4. The normalized spacial score (nSPS) is 12.2. The highest BCUT2D eigenvalue weighted by atomic mass is 79.9. The highest BCUT2D eigenvalue weighted by molar-refractivity contribution is 9.11. The Morgan fingerprint density at radius 3 is 2.67 bits per heavy atom. The Labute approximate surface area is 123 Å². The van der Waals surface area contributed by atoms with Gasteiger partial charge in [-0.1, -0.05) is 15.9 Å². The van der Waals surface area contributed by atoms with Gasteiger partial charge in [0.25, 0.3) is 0 Å². The second-order valence-electron chi connectivity index (χ2n) is 3.72. The van der Waals surface area contributed by atoms with E-state index in [4.69, 9.17) is 14.6 Å². The lowest BCUT2D eigenvalue weighted by molar-refractivity contribution is -0.144. The van der Waals surface area contributed by atoms with Crippen LogP contribution in [0.15, 0.2) is 21.1 Å². The third-order valence-corrected chi connectivity index (χ3v) is 3.35. The largest absolute Gasteiger partial charge is 0.479 e. The third-order valence-electron chi connectivity index (χ3n) is 2.30. The van der Waals surface area contributed by atoms with Crippen LogP contribution in [0.2, 0.25) is 0 Å². The average Bonchev–Trinajstić information content (AvgIpc) is 2.29. The highest BCUT2D eigenvalue weighted by Crippen LogP contribution is 2.34. The lowest BCUT2D eigenvalue weighted by Gasteiger charge is -2.16. The van der Waals surface area contributed by atoms with Crippen molar-refractivity contribution in [2.75, 3.05) is 13.7 Å². The lowest BCUT2D eigenvalue weighted by atomic mass is 10.1. The Kier molecular flexibility index (Phi) is 6.11. The average molecular weight is 382 g/mol. The molecule has 1 N–H and O–H groups in total. The van der Waals surface area contributed by atoms with Gasteiger partial charge < -0.3 is 14.6 Å². The van der Waals surface area contributed by atoms with Crippen molar-refractivity contribution >= 4 is 37.8 Å². The van der Waals surface area contributed by atoms with Crippen molar-refractivity contribution in [1.82, 2.24) is 0 Å². The zero-order valence-electron chi connectivity index (χ0n) is 10.1. The van der Waals surface area contributed by atoms with Crippen molar-refractivity contribution in [3.05, 3.63) is 26.6 Å². The van der Waals surface area contributed by atoms with E-state index in [1.165, 1.54) is 6.92 Å². The number of hydrogen-bond acceptors (Lipinski definition) is 3. The van der Waals surface area contributed by atoms with Gasteiger partial charge in [-0.2, -0.15) is 0 Å². The number of carboxylic acids is 1. The van der Waals surface area contributed by atoms with Crippen LogP contribution >= 0.6 is 31.9 Å². The summed E-state index contributed by atoms with van der Waals surface area (Å²) in [6, 6.07) is 3.72. The SMILES string of the molecule is COCCc1cc(Br)cc(Br)c1O[C@@H](C)C(=O)O. The number of carbonyl (C=O) groups is 1. The molecule has 0 unspecified atom stereocenters. The zero-order chi connectivity index (χ0) is 13.7. The summed E-state index contributed by atoms with van der Waals surface area (Å²) < 4.78 is 12.1. The van der Waals surface area contributed by atoms with Crippen LogP contribution < -0.4 is 4.74 Å². The van der Waals surface area contributed by atoms with E-state index in [0.29, 0.717) is 18.8 Å². The number of aliphatic carboxylic acids is 1. The molecule has 0 spiro atoms. The minimum Gasteiger partial charge on any atom is -0.479 e. The molecule has 1 atom stereocenters. The van der Waals surface area contributed by atoms with Crippen molar-refractivity contribution in [3.63, 3.8) is 0 Å². The summed E-state index contributed by atoms with van der Waals surface area (Å²) in [5.74, 6) is -0.451. The van der Waals surface area contributed by atoms with Crippen molar-refractivity contribution in [1.29, 1.82) is 0 Å². The van der Waals surface area contributed by atoms with Gasteiger partial charge in [-0.25, -0.2) is 4.79 Å². The van der Waals surface area contributed by atoms with E-state index in [0.717, 1.165) is 14.5 Å². The van der Waals surface area contributed by atoms with E-state index in [1.54, 1.807) is 7.11 Å². The minimum absolute atomic E-state index is 0.542. The molecule has 0 aliphatic rings. The van der Waals surface area contributed by atoms with Crippen molar-refractivity contribution in [3.8, 4) is 5.75 Å². The lowest BCUT2D eigenvalue weighted by Crippen LogP contribution is -2.23. The molecule has 1 rings (SSSR count). The number of benzene rings is 1. The maximum atomic E-state index is 10.8. The molecule has 0 heterocycles. The van der Waals surface area contributed by atoms with E-state index >= 15 is 0 Å². The van der Waals surface area contributed by atoms with Crippen molar-refractivity contribution < 1.29 is 19.4 Å². The fourth-order valence-corrected chi connectivity index (χ4v) is 2.78. The molecule has 6 heteroatoms. The summed E-state index contributed by atoms with van der Waals surface area (Å²) in [4.78, 5) is 10.8. The number of ether oxygens (including phenoxy) is 2. The molecule has 18 heavy (non-hydrogen) atoms. The topological polar surface area (TPSA) is 55.8 Å². The monoisotopic (exact) mass is 380 g/mol. The van der Waals surface area contributed by atoms with Gasteiger partial charge in [0, 0.05) is 11.6 Å². The molecule has 0 bridgehead atoms. The van der Waals surface area contributed by atoms with Crippen LogP contribution in [0.1, 0.15) is 12.5 Å². The van der Waals surface area contributed by atoms with E-state index in [2.05, 4.69) is 31.9 Å². The molecule has 0 aromatic heterocycles. The first-order chi connectivity index (χ1) is 8.45. The molecule has 1 aromatic rings. The van der Waals surface area contributed by atoms with Crippen molar-refractivity contribution in [2.45, 2.75) is 19.4 Å². The molecule has 0 saturated carbocycles. The summed E-state index contributed by atoms with van der Waals surface area (Å²) in [6.45, 7) is 2.04. The molecule has 0 aliphatic carbocycles. The number of rotatable bonds is 6. The Bertz CT molecular complexity index is 434. The van der Waals surface area contributed by atoms with Crippen LogP contribution in [0.25, 0.3) is 0 Å². The van der Waals surface area contributed by atoms with Gasteiger partial charge in [-0.3, -0.25) is 0 Å². The van der Waals surface area contributed by atoms with E-state index in [1.807, 2.05) is 12.1 Å². The molecule has 100 valence electrons. The minimum atomic E-state index is -0.998. The Morgan fingerprint density at radius 1 is 1.44 bits per heavy atom. The van der Waals surface area contributed by atoms with Crippen molar-refractivity contribution in [2.24, 2.45) is 0 Å². The second kappa shape index (κ2) is 7.11. The van der Waals surface area contributed by atoms with Crippen LogP contribution in [0.4, 0.5) is 0 Å². The fourth-order valence-electron chi connectivity index (χ4n) is 1.37. The number of hydrogen-bond donors (Lipinski definition) is 1. The van der Waals surface area contributed by atoms with E-state index in [-0.39, 0.29) is 0 Å². The summed E-state index contributed by atoms with van der Waals surface area (Å²) in [5.41, 5.74) is 0.895. The van der Waals surface area contributed by atoms with Gasteiger partial charge in [0.05, 0.1) is 11.1 Å². The fraction of sp³-hybridized carbons (Fsp3) is 0.417. The molecule has 0 radical (unpaired) electrons. The molecule has 0 amide bonds. The predicted octanol–water partition coefficient (Wildman–Crippen LogP) is 3.25. The van der Waals surface area contributed by atoms with Gasteiger partial charge in [0.1, 0.15) is 5.75 Å². The van der Waals surface area contributed by atoms with Crippen LogP contribution in [0, 0.1) is 0 Å². The van der Waals surface area contributed by atoms with Gasteiger partial charge in [0.2, 0.25) is 0 Å². The molecule has 1 aromatic carbocycles. The number of methoxy groups -OCH3 is 1. The van der Waals surface area contributed by atoms with Crippen LogP contribution in [-0.4, -0.2) is 30.9 Å². The maximum Gasteiger partial charge on any atom is 0.344 e. The van der Waals surface area contributed by atoms with E-state index < -0.39 is 12.1 Å². The first-order valence-corrected chi connectivity index (χ1v) is 6.90. The van der Waals surface area contributed by atoms with Gasteiger partial charge in [-0.15, -0.1) is 0 Å². The molecular weight excluding hydrogens is 368 g/mol. The van der Waals surface area contributed by atoms with Crippen LogP contribution in [-0.2, 0) is 16.0 Å². The molecule has 4 nitrogen and oxygen atoms in total. The van der Waals surface area contributed by atoms with E-state index in [9.17, 15) is 4.79 Å². The maximum absolute atomic E-state index is 10.8. The molecule has 0 saturated heterocycles. The Morgan fingerprint density at radius 2 is 2.11 bits per heavy atom. The quantitative estimate of drug-likeness (QED) is 0.821. The Balaban J connectivity index is 3.02. The second-order valence-corrected chi connectivity index (χ2v) is 5.49. The summed E-state index contributed by atoms with van der Waals surface area (Å²) >= 11 is 6.77. The standard InChI is InChI=1S/C12H14Br2O4/c1-7(12(15)16)18-11-8(3-4-17-2)5-9(13)6-10(11)14/h5-7H,3-4H2,1-2H3,(H,15,16)/t7-/m0/s1. The van der Waals surface area contributed by atoms with Gasteiger partial charge in [-0.05, 0) is 47.0 Å². The van der Waals surface area contributed by atoms with Gasteiger partial charge in [0.15, 0.2) is 6.10 Å². The first-order valence-electron chi connectivity index (χ1n) is 5.32. The van der Waals surface area contributed by atoms with Crippen LogP contribution in [0.5, 0.6) is 5.75 Å². The summed E-state index contributed by atoms with van der Waals surface area (Å²) in [6.07, 6.45) is -0.250. The van der Waals surface area contributed by atoms with Crippen LogP contribution in [0.3, 0.4) is 0 Å². The smallest absolute Gasteiger partial charge is 0.344 e. The first kappa shape index (κ1) is 15.5. The van der Waals surface area contributed by atoms with Gasteiger partial charge >= 0.3 is 5.97 Å². The molecule has 0 aliphatic heterocycles. The summed E-state index contributed by atoms with van der Waals surface area (Å²) in [7, 11) is 1.62. The number of halogens is 2. The molecule has 0 fully saturated rings. The summed E-state index contributed by atoms with van der Waals surface area (Å²) in [5, 5.41) is 8.88. The Hall–Kier alpha value is -0.590.